The third-order valence-corrected chi connectivity index (χ3v) is 12.6. The Morgan fingerprint density at radius 3 is 0.829 bits per heavy atom. The van der Waals surface area contributed by atoms with Crippen LogP contribution in [0.25, 0.3) is 32.3 Å². The maximum absolute atomic E-state index is 5.60. The van der Waals surface area contributed by atoms with E-state index >= 15 is 0 Å². The highest BCUT2D eigenvalue weighted by Crippen LogP contribution is 2.28. The standard InChI is InChI=1S/3C11H10O.C11H16O.3C10H14O.15C2H6/c2*1-12-11-8-4-6-9-5-2-3-7-10(9)11;1-12-11-7-6-9-4-2-3-5-10(9)8-11;1-11(2,3)9-5-7-10(12-4)8-6-9;1-8(2)9-4-6-10(11-3)7-5-9;1-10(2,3)11-9-7-5-4-6-8-9;1-8(2)9-6-4-5-7-10(9)11-3;15*1-2/h3*2-8H,1H3;5-8H,1-4H3;3*4-8H,1-3H3;15*1-2H3. The smallest absolute Gasteiger partial charge is 0.126 e. The molecule has 7 nitrogen and oxygen atoms in total. The number of methoxy groups -OCH3 is 6. The van der Waals surface area contributed by atoms with E-state index in [0.717, 1.165) is 40.2 Å². The van der Waals surface area contributed by atoms with E-state index < -0.39 is 0 Å². The van der Waals surface area contributed by atoms with Gasteiger partial charge in [0.15, 0.2) is 0 Å². The summed E-state index contributed by atoms with van der Waals surface area (Å²) < 4.78 is 36.5. The monoisotopic (exact) mass is 1540 g/mol. The molecule has 0 radical (unpaired) electrons. The molecule has 10 rings (SSSR count). The van der Waals surface area contributed by atoms with Gasteiger partial charge in [-0.1, -0.05) is 420 Å². The van der Waals surface area contributed by atoms with Gasteiger partial charge in [0.1, 0.15) is 45.8 Å². The maximum Gasteiger partial charge on any atom is 0.126 e. The van der Waals surface area contributed by atoms with Gasteiger partial charge < -0.3 is 33.2 Å². The van der Waals surface area contributed by atoms with Crippen molar-refractivity contribution in [3.05, 3.63) is 247 Å². The molecular weight excluding hydrogens is 1360 g/mol. The molecule has 0 aliphatic heterocycles. The van der Waals surface area contributed by atoms with Crippen molar-refractivity contribution in [1.82, 2.24) is 0 Å². The molecule has 0 heterocycles. The van der Waals surface area contributed by atoms with Gasteiger partial charge in [0, 0.05) is 10.8 Å². The Morgan fingerprint density at radius 2 is 0.514 bits per heavy atom. The molecule has 0 aromatic heterocycles. The van der Waals surface area contributed by atoms with Gasteiger partial charge in [-0.15, -0.1) is 0 Å². The summed E-state index contributed by atoms with van der Waals surface area (Å²) in [5.74, 6) is 7.68. The Morgan fingerprint density at radius 1 is 0.225 bits per heavy atom. The lowest BCUT2D eigenvalue weighted by atomic mass is 9.87. The molecule has 10 aromatic rings. The fourth-order valence-corrected chi connectivity index (χ4v) is 8.11. The van der Waals surface area contributed by atoms with Gasteiger partial charge in [-0.25, -0.2) is 0 Å². The van der Waals surface area contributed by atoms with Crippen LogP contribution in [-0.4, -0.2) is 48.3 Å². The van der Waals surface area contributed by atoms with E-state index in [1.165, 1.54) is 49.0 Å². The van der Waals surface area contributed by atoms with E-state index in [0.29, 0.717) is 11.8 Å². The zero-order valence-electron chi connectivity index (χ0n) is 81.0. The number of para-hydroxylation sites is 2. The number of fused-ring (bicyclic) bond motifs is 3. The summed E-state index contributed by atoms with van der Waals surface area (Å²) in [5.41, 5.74) is 4.09. The largest absolute Gasteiger partial charge is 0.497 e. The number of rotatable bonds is 9. The van der Waals surface area contributed by atoms with Crippen molar-refractivity contribution < 1.29 is 33.2 Å². The number of hydrogen-bond acceptors (Lipinski definition) is 7. The fraction of sp³-hybridized carbons (Fsp3) is 0.481. The third kappa shape index (κ3) is 66.0. The highest BCUT2D eigenvalue weighted by atomic mass is 16.5. The van der Waals surface area contributed by atoms with Gasteiger partial charge in [0.25, 0.3) is 0 Å². The van der Waals surface area contributed by atoms with Gasteiger partial charge >= 0.3 is 0 Å². The Bertz CT molecular complexity index is 3220. The van der Waals surface area contributed by atoms with Crippen molar-refractivity contribution in [3.63, 3.8) is 0 Å². The second kappa shape index (κ2) is 97.7. The second-order valence-corrected chi connectivity index (χ2v) is 21.4. The van der Waals surface area contributed by atoms with Crippen LogP contribution in [0.5, 0.6) is 40.2 Å². The quantitative estimate of drug-likeness (QED) is 0.143. The predicted molar refractivity (Wildman–Crippen MR) is 514 cm³/mol. The molecular formula is C104H178O7. The van der Waals surface area contributed by atoms with Crippen LogP contribution < -0.4 is 33.2 Å². The summed E-state index contributed by atoms with van der Waals surface area (Å²) >= 11 is 0. The molecule has 0 saturated heterocycles. The number of ether oxygens (including phenoxy) is 7. The van der Waals surface area contributed by atoms with Crippen LogP contribution in [0.4, 0.5) is 0 Å². The minimum absolute atomic E-state index is 0.0959. The van der Waals surface area contributed by atoms with E-state index in [1.54, 1.807) is 42.7 Å². The minimum Gasteiger partial charge on any atom is -0.497 e. The molecule has 0 atom stereocenters. The average molecular weight is 1540 g/mol. The molecule has 0 aliphatic carbocycles. The molecule has 0 N–H and O–H groups in total. The molecule has 7 heteroatoms. The Kier molecular flexibility index (Phi) is 114. The summed E-state index contributed by atoms with van der Waals surface area (Å²) in [6, 6.07) is 77.2. The summed E-state index contributed by atoms with van der Waals surface area (Å²) in [7, 11) is 10.2. The van der Waals surface area contributed by atoms with E-state index in [4.69, 9.17) is 33.2 Å². The molecule has 0 bridgehead atoms. The first-order valence-corrected chi connectivity index (χ1v) is 42.6. The van der Waals surface area contributed by atoms with Crippen LogP contribution >= 0.6 is 0 Å². The topological polar surface area (TPSA) is 64.6 Å². The Balaban J connectivity index is -0.0000000973. The fourth-order valence-electron chi connectivity index (χ4n) is 8.11. The van der Waals surface area contributed by atoms with Gasteiger partial charge in [0.05, 0.1) is 42.7 Å². The lowest BCUT2D eigenvalue weighted by Gasteiger charge is -2.20. The Hall–Kier alpha value is -8.42. The summed E-state index contributed by atoms with van der Waals surface area (Å²) in [6.45, 7) is 81.4. The Labute approximate surface area is 691 Å². The first-order chi connectivity index (χ1) is 53.8. The van der Waals surface area contributed by atoms with Crippen molar-refractivity contribution in [3.8, 4) is 40.2 Å². The van der Waals surface area contributed by atoms with Gasteiger partial charge in [0.2, 0.25) is 0 Å². The molecule has 636 valence electrons. The van der Waals surface area contributed by atoms with Crippen LogP contribution in [0.2, 0.25) is 0 Å². The van der Waals surface area contributed by atoms with Crippen LogP contribution in [0.3, 0.4) is 0 Å². The van der Waals surface area contributed by atoms with Crippen molar-refractivity contribution in [2.24, 2.45) is 0 Å². The zero-order chi connectivity index (χ0) is 89.2. The predicted octanol–water partition coefficient (Wildman–Crippen LogP) is 35.4. The van der Waals surface area contributed by atoms with Gasteiger partial charge in [-0.2, -0.15) is 0 Å². The van der Waals surface area contributed by atoms with E-state index in [-0.39, 0.29) is 11.0 Å². The van der Waals surface area contributed by atoms with Gasteiger partial charge in [-0.05, 0) is 143 Å². The highest BCUT2D eigenvalue weighted by molar-refractivity contribution is 5.89. The van der Waals surface area contributed by atoms with Crippen molar-refractivity contribution >= 4 is 32.3 Å². The normalized spacial score (nSPS) is 8.43. The molecule has 0 aliphatic rings. The average Bonchev–Trinajstić information content (AvgIpc) is 0.840. The SMILES string of the molecule is CC.CC.CC.CC.CC.CC.CC.CC.CC.CC.CC.CC.CC.CC.CC.CC(C)(C)Oc1ccccc1.COc1ccc(C(C)(C)C)cc1.COc1ccc(C(C)C)cc1.COc1ccc2ccccc2c1.COc1cccc2ccccc12.COc1cccc2ccccc12.COc1ccccc1C(C)C. The third-order valence-electron chi connectivity index (χ3n) is 12.6. The molecule has 0 unspecified atom stereocenters. The second-order valence-electron chi connectivity index (χ2n) is 21.4. The molecule has 0 fully saturated rings. The minimum atomic E-state index is -0.0959. The highest BCUT2D eigenvalue weighted by Gasteiger charge is 2.13. The maximum atomic E-state index is 5.60. The molecule has 111 heavy (non-hydrogen) atoms. The van der Waals surface area contributed by atoms with E-state index in [9.17, 15) is 0 Å². The number of benzene rings is 10. The van der Waals surface area contributed by atoms with E-state index in [2.05, 4.69) is 133 Å². The molecule has 0 saturated carbocycles. The molecule has 10 aromatic carbocycles. The summed E-state index contributed by atoms with van der Waals surface area (Å²) in [5, 5.41) is 7.24. The lowest BCUT2D eigenvalue weighted by molar-refractivity contribution is 0.131. The van der Waals surface area contributed by atoms with Crippen molar-refractivity contribution in [2.45, 2.75) is 300 Å². The number of hydrogen-bond donors (Lipinski definition) is 0. The summed E-state index contributed by atoms with van der Waals surface area (Å²) in [6.07, 6.45) is 0. The summed E-state index contributed by atoms with van der Waals surface area (Å²) in [4.78, 5) is 0. The first kappa shape index (κ1) is 129. The van der Waals surface area contributed by atoms with Crippen LogP contribution in [0.1, 0.15) is 305 Å². The lowest BCUT2D eigenvalue weighted by Crippen LogP contribution is -2.22. The van der Waals surface area contributed by atoms with Crippen LogP contribution in [0, 0.1) is 0 Å². The van der Waals surface area contributed by atoms with Gasteiger partial charge in [-0.3, -0.25) is 0 Å². The molecule has 0 amide bonds. The van der Waals surface area contributed by atoms with Crippen LogP contribution in [-0.2, 0) is 5.41 Å². The van der Waals surface area contributed by atoms with Crippen LogP contribution in [0.15, 0.2) is 231 Å². The van der Waals surface area contributed by atoms with Crippen molar-refractivity contribution in [1.29, 1.82) is 0 Å². The first-order valence-electron chi connectivity index (χ1n) is 42.6. The zero-order valence-corrected chi connectivity index (χ0v) is 81.0. The van der Waals surface area contributed by atoms with Crippen molar-refractivity contribution in [2.75, 3.05) is 42.7 Å². The molecule has 0 spiro atoms. The van der Waals surface area contributed by atoms with E-state index in [1.807, 2.05) is 374 Å².